The molecule has 2 heterocycles. The Morgan fingerprint density at radius 2 is 2.00 bits per heavy atom. The quantitative estimate of drug-likeness (QED) is 0.278. The summed E-state index contributed by atoms with van der Waals surface area (Å²) in [6.45, 7) is -0.480. The van der Waals surface area contributed by atoms with E-state index in [4.69, 9.17) is 33.8 Å². The Kier molecular flexibility index (Phi) is 8.11. The molecule has 2 aromatic rings. The molecule has 0 amide bonds. The molecule has 1 fully saturated rings. The zero-order valence-corrected chi connectivity index (χ0v) is 18.4. The summed E-state index contributed by atoms with van der Waals surface area (Å²) in [5, 5.41) is 34.7. The van der Waals surface area contributed by atoms with E-state index in [0.717, 1.165) is 23.1 Å². The van der Waals surface area contributed by atoms with Crippen molar-refractivity contribution in [2.24, 2.45) is 15.9 Å². The first-order valence-corrected chi connectivity index (χ1v) is 11.1. The van der Waals surface area contributed by atoms with Crippen LogP contribution in [0.5, 0.6) is 0 Å². The van der Waals surface area contributed by atoms with Crippen molar-refractivity contribution < 1.29 is 24.4 Å². The van der Waals surface area contributed by atoms with Gasteiger partial charge in [-0.25, -0.2) is 0 Å². The lowest BCUT2D eigenvalue weighted by Crippen LogP contribution is -2.56. The van der Waals surface area contributed by atoms with Gasteiger partial charge in [-0.1, -0.05) is 35.0 Å². The molecule has 5 N–H and O–H groups in total. The van der Waals surface area contributed by atoms with Gasteiger partial charge in [0.25, 0.3) is 0 Å². The second kappa shape index (κ2) is 10.4. The molecular formula is C18H18Cl2FN3O4S2. The number of aliphatic imine (C=N–C) groups is 1. The summed E-state index contributed by atoms with van der Waals surface area (Å²) in [5.74, 6) is 5.37. The summed E-state index contributed by atoms with van der Waals surface area (Å²) < 4.78 is 18.9. The standard InChI is InChI=1S/C18H18Cl2FN3O4S2/c19-9-2-1-8(5-10(9)20)29-18-17(27)15(16(26)12(7-25)28-18)23-6-11(24-22)13-3-4-14(21)30-13/h1-6,12,15-18,25-27H,7,22H2/t12?,15?,16-,17?,18+/m0/s1. The molecule has 1 aromatic carbocycles. The molecule has 0 saturated carbocycles. The molecule has 12 heteroatoms. The van der Waals surface area contributed by atoms with Crippen molar-refractivity contribution in [2.75, 3.05) is 6.61 Å². The predicted molar refractivity (Wildman–Crippen MR) is 117 cm³/mol. The van der Waals surface area contributed by atoms with Crippen LogP contribution in [0, 0.1) is 5.13 Å². The molecule has 5 atom stereocenters. The highest BCUT2D eigenvalue weighted by atomic mass is 35.5. The first kappa shape index (κ1) is 23.4. The monoisotopic (exact) mass is 493 g/mol. The minimum absolute atomic E-state index is 0.184. The van der Waals surface area contributed by atoms with Crippen LogP contribution in [0.1, 0.15) is 4.88 Å². The number of ether oxygens (including phenoxy) is 1. The Labute approximate surface area is 190 Å². The van der Waals surface area contributed by atoms with Gasteiger partial charge in [-0.05, 0) is 30.3 Å². The zero-order chi connectivity index (χ0) is 21.8. The Morgan fingerprint density at radius 3 is 2.60 bits per heavy atom. The van der Waals surface area contributed by atoms with Gasteiger partial charge in [-0.2, -0.15) is 9.49 Å². The molecule has 0 radical (unpaired) electrons. The van der Waals surface area contributed by atoms with Crippen LogP contribution in [0.25, 0.3) is 0 Å². The number of nitrogens with two attached hydrogens (primary N) is 1. The van der Waals surface area contributed by atoms with E-state index in [-0.39, 0.29) is 5.71 Å². The molecule has 3 unspecified atom stereocenters. The van der Waals surface area contributed by atoms with Crippen molar-refractivity contribution in [3.63, 3.8) is 0 Å². The van der Waals surface area contributed by atoms with Gasteiger partial charge in [-0.15, -0.1) is 11.3 Å². The Hall–Kier alpha value is -1.24. The number of hydrazone groups is 1. The number of thiophene rings is 1. The average Bonchev–Trinajstić information content (AvgIpc) is 3.15. The third-order valence-corrected chi connectivity index (χ3v) is 7.11. The number of nitrogens with zero attached hydrogens (tertiary/aromatic N) is 2. The molecular weight excluding hydrogens is 476 g/mol. The van der Waals surface area contributed by atoms with E-state index in [9.17, 15) is 19.7 Å². The van der Waals surface area contributed by atoms with Crippen LogP contribution in [0.2, 0.25) is 10.0 Å². The summed E-state index contributed by atoms with van der Waals surface area (Å²) in [6.07, 6.45) is -2.25. The summed E-state index contributed by atoms with van der Waals surface area (Å²) in [5.41, 5.74) is -0.675. The highest BCUT2D eigenvalue weighted by Crippen LogP contribution is 2.36. The van der Waals surface area contributed by atoms with Crippen LogP contribution in [0.15, 0.2) is 45.3 Å². The molecule has 7 nitrogen and oxygen atoms in total. The van der Waals surface area contributed by atoms with E-state index >= 15 is 0 Å². The molecule has 0 spiro atoms. The largest absolute Gasteiger partial charge is 0.394 e. The van der Waals surface area contributed by atoms with Gasteiger partial charge < -0.3 is 25.9 Å². The fourth-order valence-electron chi connectivity index (χ4n) is 2.79. The van der Waals surface area contributed by atoms with Gasteiger partial charge >= 0.3 is 0 Å². The smallest absolute Gasteiger partial charge is 0.177 e. The fourth-order valence-corrected chi connectivity index (χ4v) is 4.95. The predicted octanol–water partition coefficient (Wildman–Crippen LogP) is 2.53. The van der Waals surface area contributed by atoms with Crippen molar-refractivity contribution in [2.45, 2.75) is 34.7 Å². The van der Waals surface area contributed by atoms with Gasteiger partial charge in [0.15, 0.2) is 5.13 Å². The molecule has 0 bridgehead atoms. The highest BCUT2D eigenvalue weighted by Gasteiger charge is 2.44. The highest BCUT2D eigenvalue weighted by molar-refractivity contribution is 7.99. The van der Waals surface area contributed by atoms with Gasteiger partial charge in [0.05, 0.1) is 27.7 Å². The lowest BCUT2D eigenvalue weighted by atomic mass is 9.98. The second-order valence-corrected chi connectivity index (χ2v) is 9.31. The number of rotatable bonds is 6. The molecule has 3 rings (SSSR count). The summed E-state index contributed by atoms with van der Waals surface area (Å²) in [7, 11) is 0. The molecule has 1 aliphatic rings. The van der Waals surface area contributed by atoms with Crippen LogP contribution < -0.4 is 5.84 Å². The topological polar surface area (TPSA) is 121 Å². The number of hydrogen-bond acceptors (Lipinski definition) is 9. The number of thioether (sulfide) groups is 1. The number of halogens is 3. The van der Waals surface area contributed by atoms with E-state index < -0.39 is 41.5 Å². The maximum atomic E-state index is 13.3. The Balaban J connectivity index is 1.82. The minimum Gasteiger partial charge on any atom is -0.394 e. The normalized spacial score (nSPS) is 27.7. The Bertz CT molecular complexity index is 946. The number of aliphatic hydroxyl groups is 3. The van der Waals surface area contributed by atoms with Crippen LogP contribution in [0.4, 0.5) is 4.39 Å². The number of hydrogen-bond donors (Lipinski definition) is 4. The summed E-state index contributed by atoms with van der Waals surface area (Å²) in [6, 6.07) is 6.65. The third-order valence-electron chi connectivity index (χ3n) is 4.33. The van der Waals surface area contributed by atoms with Crippen molar-refractivity contribution in [1.82, 2.24) is 0 Å². The van der Waals surface area contributed by atoms with Gasteiger partial charge in [0, 0.05) is 4.90 Å². The molecule has 1 saturated heterocycles. The minimum atomic E-state index is -1.29. The molecule has 0 aliphatic carbocycles. The number of benzene rings is 1. The van der Waals surface area contributed by atoms with Gasteiger partial charge in [0.1, 0.15) is 35.5 Å². The first-order valence-electron chi connectivity index (χ1n) is 8.65. The van der Waals surface area contributed by atoms with Crippen molar-refractivity contribution >= 4 is 58.2 Å². The lowest BCUT2D eigenvalue weighted by Gasteiger charge is -2.40. The maximum absolute atomic E-state index is 13.3. The average molecular weight is 494 g/mol. The zero-order valence-electron chi connectivity index (χ0n) is 15.2. The summed E-state index contributed by atoms with van der Waals surface area (Å²) in [4.78, 5) is 5.33. The summed E-state index contributed by atoms with van der Waals surface area (Å²) >= 11 is 13.9. The third kappa shape index (κ3) is 5.32. The van der Waals surface area contributed by atoms with Gasteiger partial charge in [-0.3, -0.25) is 4.99 Å². The molecule has 162 valence electrons. The van der Waals surface area contributed by atoms with E-state index in [1.807, 2.05) is 0 Å². The number of aliphatic hydroxyl groups excluding tert-OH is 3. The van der Waals surface area contributed by atoms with Crippen LogP contribution >= 0.6 is 46.3 Å². The van der Waals surface area contributed by atoms with Gasteiger partial charge in [0.2, 0.25) is 0 Å². The molecule has 1 aliphatic heterocycles. The fraction of sp³-hybridized carbons (Fsp3) is 0.333. The van der Waals surface area contributed by atoms with E-state index in [1.165, 1.54) is 18.3 Å². The lowest BCUT2D eigenvalue weighted by molar-refractivity contribution is -0.159. The van der Waals surface area contributed by atoms with E-state index in [0.29, 0.717) is 19.8 Å². The Morgan fingerprint density at radius 1 is 1.23 bits per heavy atom. The second-order valence-electron chi connectivity index (χ2n) is 6.29. The van der Waals surface area contributed by atoms with Crippen molar-refractivity contribution in [3.8, 4) is 0 Å². The van der Waals surface area contributed by atoms with Crippen LogP contribution in [0.3, 0.4) is 0 Å². The van der Waals surface area contributed by atoms with E-state index in [2.05, 4.69) is 10.1 Å². The SMILES string of the molecule is NN=C(C=NC1C(O)[C@@H](Sc2ccc(Cl)c(Cl)c2)OC(CO)[C@@H]1O)c1ccc(F)s1. The van der Waals surface area contributed by atoms with E-state index in [1.54, 1.807) is 18.2 Å². The molecule has 1 aromatic heterocycles. The van der Waals surface area contributed by atoms with Crippen LogP contribution in [-0.2, 0) is 4.74 Å². The maximum Gasteiger partial charge on any atom is 0.177 e. The molecule has 30 heavy (non-hydrogen) atoms. The van der Waals surface area contributed by atoms with Crippen LogP contribution in [-0.4, -0.2) is 63.6 Å². The van der Waals surface area contributed by atoms with Crippen molar-refractivity contribution in [1.29, 1.82) is 0 Å². The first-order chi connectivity index (χ1) is 14.3. The van der Waals surface area contributed by atoms with Crippen molar-refractivity contribution in [3.05, 3.63) is 50.4 Å².